The number of rotatable bonds is 5. The predicted octanol–water partition coefficient (Wildman–Crippen LogP) is -1.15. The van der Waals surface area contributed by atoms with Gasteiger partial charge in [-0.05, 0) is 6.92 Å². The number of thioether (sulfide) groups is 1. The molecule has 0 aromatic rings. The summed E-state index contributed by atoms with van der Waals surface area (Å²) in [5.74, 6) is -1.57. The van der Waals surface area contributed by atoms with Crippen molar-refractivity contribution in [2.45, 2.75) is 31.2 Å². The van der Waals surface area contributed by atoms with E-state index in [1.165, 1.54) is 23.8 Å². The molecule has 0 aromatic carbocycles. The Labute approximate surface area is 150 Å². The second-order valence-corrected chi connectivity index (χ2v) is 9.45. The lowest BCUT2D eigenvalue weighted by atomic mass is 9.79. The molecule has 0 spiro atoms. The number of aliphatic hydroxyl groups is 1. The minimum Gasteiger partial charge on any atom is -0.464 e. The highest BCUT2D eigenvalue weighted by atomic mass is 32.2. The van der Waals surface area contributed by atoms with Crippen molar-refractivity contribution in [1.82, 2.24) is 9.21 Å². The van der Waals surface area contributed by atoms with Gasteiger partial charge in [0, 0.05) is 29.2 Å². The van der Waals surface area contributed by atoms with Gasteiger partial charge in [-0.2, -0.15) is 12.7 Å². The van der Waals surface area contributed by atoms with Crippen LogP contribution < -0.4 is 5.14 Å². The van der Waals surface area contributed by atoms with Crippen LogP contribution in [0.4, 0.5) is 0 Å². The van der Waals surface area contributed by atoms with Crippen molar-refractivity contribution in [2.75, 3.05) is 20.2 Å². The number of aliphatic hydroxyl groups excluding tert-OH is 1. The number of carbonyl (C=O) groups excluding carboxylic acids is 2. The molecule has 3 aliphatic rings. The number of esters is 1. The Bertz CT molecular complexity index is 744. The highest BCUT2D eigenvalue weighted by Crippen LogP contribution is 2.52. The zero-order valence-electron chi connectivity index (χ0n) is 14.1. The molecule has 140 valence electrons. The van der Waals surface area contributed by atoms with E-state index in [0.29, 0.717) is 4.91 Å². The maximum absolute atomic E-state index is 12.4. The summed E-state index contributed by atoms with van der Waals surface area (Å²) in [6, 6.07) is -0.279. The number of β-lactam (4-membered cyclic amide) rings is 1. The number of fused-ring (bicyclic) bond motifs is 1. The Morgan fingerprint density at radius 2 is 2.04 bits per heavy atom. The first kappa shape index (κ1) is 18.6. The third-order valence-corrected chi connectivity index (χ3v) is 7.42. The molecular formula is C14H21N3O6S2. The van der Waals surface area contributed by atoms with Crippen molar-refractivity contribution in [3.05, 3.63) is 10.6 Å². The van der Waals surface area contributed by atoms with Crippen molar-refractivity contribution in [1.29, 1.82) is 0 Å². The number of hydrogen-bond acceptors (Lipinski definition) is 7. The molecule has 3 aliphatic heterocycles. The quantitative estimate of drug-likeness (QED) is 0.447. The van der Waals surface area contributed by atoms with Crippen molar-refractivity contribution in [2.24, 2.45) is 17.0 Å². The van der Waals surface area contributed by atoms with E-state index in [4.69, 9.17) is 9.88 Å². The van der Waals surface area contributed by atoms with Gasteiger partial charge in [0.1, 0.15) is 5.70 Å². The van der Waals surface area contributed by atoms with Gasteiger partial charge in [0.25, 0.3) is 10.2 Å². The molecule has 2 saturated heterocycles. The number of amides is 1. The van der Waals surface area contributed by atoms with Crippen LogP contribution in [0.2, 0.25) is 0 Å². The maximum Gasteiger partial charge on any atom is 0.355 e. The van der Waals surface area contributed by atoms with Crippen molar-refractivity contribution in [3.63, 3.8) is 0 Å². The molecule has 0 saturated carbocycles. The summed E-state index contributed by atoms with van der Waals surface area (Å²) in [5.41, 5.74) is 0.209. The number of hydrogen-bond donors (Lipinski definition) is 2. The summed E-state index contributed by atoms with van der Waals surface area (Å²) >= 11 is 1.38. The maximum atomic E-state index is 12.4. The molecule has 4 atom stereocenters. The van der Waals surface area contributed by atoms with Gasteiger partial charge in [-0.1, -0.05) is 6.92 Å². The molecule has 0 aromatic heterocycles. The van der Waals surface area contributed by atoms with Gasteiger partial charge in [0.15, 0.2) is 0 Å². The van der Waals surface area contributed by atoms with Crippen LogP contribution in [0, 0.1) is 11.8 Å². The monoisotopic (exact) mass is 391 g/mol. The van der Waals surface area contributed by atoms with Crippen LogP contribution in [0.3, 0.4) is 0 Å². The summed E-state index contributed by atoms with van der Waals surface area (Å²) in [7, 11) is -2.46. The first-order valence-corrected chi connectivity index (χ1v) is 10.2. The lowest BCUT2D eigenvalue weighted by Gasteiger charge is -2.46. The van der Waals surface area contributed by atoms with Gasteiger partial charge in [0.05, 0.1) is 25.2 Å². The van der Waals surface area contributed by atoms with E-state index in [1.807, 2.05) is 6.92 Å². The fourth-order valence-corrected chi connectivity index (χ4v) is 6.11. The van der Waals surface area contributed by atoms with E-state index in [1.54, 1.807) is 6.92 Å². The number of ether oxygens (including phenoxy) is 1. The molecule has 3 N–H and O–H groups in total. The Morgan fingerprint density at radius 1 is 1.44 bits per heavy atom. The number of nitrogens with zero attached hydrogens (tertiary/aromatic N) is 2. The largest absolute Gasteiger partial charge is 0.464 e. The second-order valence-electron chi connectivity index (χ2n) is 6.56. The molecule has 2 fully saturated rings. The Morgan fingerprint density at radius 3 is 2.52 bits per heavy atom. The van der Waals surface area contributed by atoms with E-state index < -0.39 is 28.2 Å². The van der Waals surface area contributed by atoms with Gasteiger partial charge in [-0.3, -0.25) is 4.79 Å². The molecule has 1 amide bonds. The molecule has 0 bridgehead atoms. The molecule has 0 aliphatic carbocycles. The fourth-order valence-electron chi connectivity index (χ4n) is 3.63. The number of methoxy groups -OCH3 is 1. The van der Waals surface area contributed by atoms with Crippen LogP contribution in [-0.2, 0) is 24.5 Å². The summed E-state index contributed by atoms with van der Waals surface area (Å²) in [5, 5.41) is 14.9. The van der Waals surface area contributed by atoms with Crippen LogP contribution in [0.15, 0.2) is 10.6 Å². The lowest BCUT2D eigenvalue weighted by Crippen LogP contribution is -2.63. The lowest BCUT2D eigenvalue weighted by molar-refractivity contribution is -0.163. The smallest absolute Gasteiger partial charge is 0.355 e. The topological polar surface area (TPSA) is 130 Å². The van der Waals surface area contributed by atoms with Crippen LogP contribution >= 0.6 is 11.8 Å². The van der Waals surface area contributed by atoms with Crippen LogP contribution in [0.1, 0.15) is 13.8 Å². The molecule has 11 heteroatoms. The fraction of sp³-hybridized carbons (Fsp3) is 0.714. The van der Waals surface area contributed by atoms with Gasteiger partial charge >= 0.3 is 5.97 Å². The third kappa shape index (κ3) is 2.87. The third-order valence-electron chi connectivity index (χ3n) is 4.96. The average Bonchev–Trinajstić information content (AvgIpc) is 2.69. The molecular weight excluding hydrogens is 370 g/mol. The average molecular weight is 391 g/mol. The van der Waals surface area contributed by atoms with E-state index in [-0.39, 0.29) is 41.9 Å². The minimum atomic E-state index is -3.70. The van der Waals surface area contributed by atoms with E-state index in [0.717, 1.165) is 4.31 Å². The summed E-state index contributed by atoms with van der Waals surface area (Å²) in [6.07, 6.45) is -0.805. The second kappa shape index (κ2) is 6.23. The normalized spacial score (nSPS) is 31.5. The van der Waals surface area contributed by atoms with Gasteiger partial charge in [-0.25, -0.2) is 9.93 Å². The SMILES string of the molecule is COC(=O)C1=C(SC2CN(S(N)(=O)=O)C2)[C@H](C)[C@@H]2[C@@H]([C@@H](C)O)C(=O)N12. The molecule has 3 rings (SSSR count). The Hall–Kier alpha value is -1.14. The van der Waals surface area contributed by atoms with Crippen LogP contribution in [0.5, 0.6) is 0 Å². The van der Waals surface area contributed by atoms with E-state index in [9.17, 15) is 23.1 Å². The Balaban J connectivity index is 1.82. The zero-order valence-corrected chi connectivity index (χ0v) is 15.7. The Kier molecular flexibility index (Phi) is 4.65. The van der Waals surface area contributed by atoms with Crippen molar-refractivity contribution >= 4 is 33.8 Å². The van der Waals surface area contributed by atoms with Crippen LogP contribution in [0.25, 0.3) is 0 Å². The number of carbonyl (C=O) groups is 2. The molecule has 3 heterocycles. The first-order chi connectivity index (χ1) is 11.6. The summed E-state index contributed by atoms with van der Waals surface area (Å²) in [4.78, 5) is 26.7. The van der Waals surface area contributed by atoms with Crippen molar-refractivity contribution in [3.8, 4) is 0 Å². The highest BCUT2D eigenvalue weighted by Gasteiger charge is 2.60. The molecule has 0 radical (unpaired) electrons. The zero-order chi connectivity index (χ0) is 18.7. The summed E-state index contributed by atoms with van der Waals surface area (Å²) in [6.45, 7) is 3.97. The number of nitrogens with two attached hydrogens (primary N) is 1. The minimum absolute atomic E-state index is 0.0470. The predicted molar refractivity (Wildman–Crippen MR) is 90.1 cm³/mol. The van der Waals surface area contributed by atoms with E-state index in [2.05, 4.69) is 0 Å². The summed E-state index contributed by atoms with van der Waals surface area (Å²) < 4.78 is 28.5. The van der Waals surface area contributed by atoms with Gasteiger partial charge < -0.3 is 14.7 Å². The molecule has 25 heavy (non-hydrogen) atoms. The van der Waals surface area contributed by atoms with Crippen molar-refractivity contribution < 1.29 is 27.9 Å². The van der Waals surface area contributed by atoms with E-state index >= 15 is 0 Å². The van der Waals surface area contributed by atoms with Crippen LogP contribution in [-0.4, -0.2) is 72.2 Å². The standard InChI is InChI=1S/C14H21N3O6S2/c1-6-10-9(7(2)18)13(19)17(10)11(14(20)23-3)12(6)24-8-4-16(5-8)25(15,21)22/h6-10,18H,4-5H2,1-3H3,(H2,15,21,22)/t6-,7-,9-,10-/m1/s1. The molecule has 9 nitrogen and oxygen atoms in total. The first-order valence-electron chi connectivity index (χ1n) is 7.86. The highest BCUT2D eigenvalue weighted by molar-refractivity contribution is 8.04. The molecule has 0 unspecified atom stereocenters. The van der Waals surface area contributed by atoms with Gasteiger partial charge in [0.2, 0.25) is 5.91 Å². The van der Waals surface area contributed by atoms with Gasteiger partial charge in [-0.15, -0.1) is 11.8 Å².